The Hall–Kier alpha value is -3.68. The van der Waals surface area contributed by atoms with Gasteiger partial charge in [-0.05, 0) is 28.7 Å². The first kappa shape index (κ1) is 23.6. The number of hydrogen-bond acceptors (Lipinski definition) is 5. The van der Waals surface area contributed by atoms with Crippen LogP contribution in [0.25, 0.3) is 0 Å². The van der Waals surface area contributed by atoms with E-state index in [0.29, 0.717) is 5.56 Å². The van der Waals surface area contributed by atoms with Gasteiger partial charge in [0.2, 0.25) is 0 Å². The van der Waals surface area contributed by atoms with Crippen molar-refractivity contribution in [2.75, 3.05) is 13.2 Å². The summed E-state index contributed by atoms with van der Waals surface area (Å²) in [6.45, 7) is 5.44. The zero-order chi connectivity index (χ0) is 22.9. The largest absolute Gasteiger partial charge is 0.454 e. The van der Waals surface area contributed by atoms with Crippen LogP contribution in [0.15, 0.2) is 54.6 Å². The van der Waals surface area contributed by atoms with Gasteiger partial charge in [-0.3, -0.25) is 19.7 Å². The lowest BCUT2D eigenvalue weighted by molar-refractivity contribution is -0.147. The quantitative estimate of drug-likeness (QED) is 0.589. The van der Waals surface area contributed by atoms with Crippen LogP contribution in [0.2, 0.25) is 0 Å². The van der Waals surface area contributed by atoms with E-state index in [4.69, 9.17) is 4.74 Å². The second-order valence-corrected chi connectivity index (χ2v) is 7.89. The van der Waals surface area contributed by atoms with Gasteiger partial charge in [0.1, 0.15) is 6.54 Å². The number of esters is 1. The molecule has 0 aliphatic heterocycles. The highest BCUT2D eigenvalue weighted by atomic mass is 16.5. The van der Waals surface area contributed by atoms with E-state index in [1.54, 1.807) is 12.1 Å². The second kappa shape index (κ2) is 10.9. The molecule has 0 aliphatic carbocycles. The van der Waals surface area contributed by atoms with Crippen molar-refractivity contribution in [2.45, 2.75) is 32.7 Å². The lowest BCUT2D eigenvalue weighted by atomic mass is 9.87. The van der Waals surface area contributed by atoms with Gasteiger partial charge in [-0.2, -0.15) is 0 Å². The molecule has 4 amide bonds. The number of amides is 4. The Morgan fingerprint density at radius 1 is 0.871 bits per heavy atom. The van der Waals surface area contributed by atoms with E-state index in [1.165, 1.54) is 0 Å². The molecule has 2 rings (SSSR count). The first-order valence-electron chi connectivity index (χ1n) is 9.81. The molecule has 0 aliphatic rings. The van der Waals surface area contributed by atoms with Gasteiger partial charge in [0, 0.05) is 12.1 Å². The first-order chi connectivity index (χ1) is 14.6. The second-order valence-electron chi connectivity index (χ2n) is 7.89. The molecular formula is C23H27N3O5. The number of nitrogens with one attached hydrogen (secondary N) is 3. The normalized spacial score (nSPS) is 10.7. The fraction of sp³-hybridized carbons (Fsp3) is 0.304. The molecule has 0 aromatic heterocycles. The molecule has 0 radical (unpaired) electrons. The summed E-state index contributed by atoms with van der Waals surface area (Å²) in [7, 11) is 0. The van der Waals surface area contributed by atoms with Crippen LogP contribution in [-0.4, -0.2) is 37.0 Å². The lowest BCUT2D eigenvalue weighted by Gasteiger charge is -2.19. The van der Waals surface area contributed by atoms with Crippen molar-refractivity contribution in [3.63, 3.8) is 0 Å². The maximum absolute atomic E-state index is 12.1. The topological polar surface area (TPSA) is 114 Å². The number of rotatable bonds is 7. The molecule has 0 unspecified atom stereocenters. The van der Waals surface area contributed by atoms with E-state index in [1.807, 2.05) is 42.5 Å². The Kier molecular flexibility index (Phi) is 8.31. The van der Waals surface area contributed by atoms with Crippen LogP contribution in [0.3, 0.4) is 0 Å². The van der Waals surface area contributed by atoms with Crippen molar-refractivity contribution in [1.29, 1.82) is 0 Å². The van der Waals surface area contributed by atoms with Crippen LogP contribution in [0.4, 0.5) is 4.79 Å². The molecule has 3 N–H and O–H groups in total. The molecule has 8 nitrogen and oxygen atoms in total. The minimum Gasteiger partial charge on any atom is -0.454 e. The average Bonchev–Trinajstić information content (AvgIpc) is 2.75. The number of urea groups is 1. The molecule has 0 heterocycles. The Labute approximate surface area is 181 Å². The minimum atomic E-state index is -0.792. The summed E-state index contributed by atoms with van der Waals surface area (Å²) in [5.74, 6) is -2.00. The van der Waals surface area contributed by atoms with E-state index in [9.17, 15) is 19.2 Å². The zero-order valence-corrected chi connectivity index (χ0v) is 17.9. The third-order valence-electron chi connectivity index (χ3n) is 4.32. The summed E-state index contributed by atoms with van der Waals surface area (Å²) in [5.41, 5.74) is 2.34. The van der Waals surface area contributed by atoms with Gasteiger partial charge in [-0.1, -0.05) is 63.2 Å². The van der Waals surface area contributed by atoms with Crippen molar-refractivity contribution in [2.24, 2.45) is 0 Å². The molecule has 2 aromatic rings. The number of carbonyl (C=O) groups excluding carboxylic acids is 4. The molecule has 164 valence electrons. The van der Waals surface area contributed by atoms with Crippen molar-refractivity contribution < 1.29 is 23.9 Å². The Morgan fingerprint density at radius 3 is 2.13 bits per heavy atom. The molecule has 0 fully saturated rings. The van der Waals surface area contributed by atoms with Crippen molar-refractivity contribution in [1.82, 2.24) is 16.0 Å². The third kappa shape index (κ3) is 8.30. The zero-order valence-electron chi connectivity index (χ0n) is 17.9. The number of imide groups is 1. The monoisotopic (exact) mass is 425 g/mol. The van der Waals surface area contributed by atoms with Crippen LogP contribution in [0.1, 0.15) is 42.3 Å². The van der Waals surface area contributed by atoms with Crippen molar-refractivity contribution in [3.05, 3.63) is 71.3 Å². The van der Waals surface area contributed by atoms with Crippen LogP contribution >= 0.6 is 0 Å². The molecule has 2 aromatic carbocycles. The van der Waals surface area contributed by atoms with E-state index < -0.39 is 37.0 Å². The number of carbonyl (C=O) groups is 4. The highest BCUT2D eigenvalue weighted by Crippen LogP contribution is 2.22. The average molecular weight is 425 g/mol. The first-order valence-corrected chi connectivity index (χ1v) is 9.81. The number of ether oxygens (including phenoxy) is 1. The Morgan fingerprint density at radius 2 is 1.52 bits per heavy atom. The lowest BCUT2D eigenvalue weighted by Crippen LogP contribution is -2.41. The predicted molar refractivity (Wildman–Crippen MR) is 115 cm³/mol. The molecule has 0 saturated carbocycles. The van der Waals surface area contributed by atoms with Crippen LogP contribution < -0.4 is 16.0 Å². The number of benzene rings is 2. The fourth-order valence-electron chi connectivity index (χ4n) is 2.56. The minimum absolute atomic E-state index is 0.0299. The van der Waals surface area contributed by atoms with E-state index in [-0.39, 0.29) is 12.0 Å². The smallest absolute Gasteiger partial charge is 0.325 e. The molecule has 8 heteroatoms. The van der Waals surface area contributed by atoms with E-state index >= 15 is 0 Å². The van der Waals surface area contributed by atoms with Gasteiger partial charge >= 0.3 is 12.0 Å². The number of hydrogen-bond donors (Lipinski definition) is 3. The highest BCUT2D eigenvalue weighted by molar-refractivity contribution is 5.97. The van der Waals surface area contributed by atoms with Crippen molar-refractivity contribution in [3.8, 4) is 0 Å². The van der Waals surface area contributed by atoms with Gasteiger partial charge in [-0.15, -0.1) is 0 Å². The summed E-state index contributed by atoms with van der Waals surface area (Å²) < 4.78 is 4.77. The van der Waals surface area contributed by atoms with Crippen LogP contribution in [-0.2, 0) is 26.3 Å². The third-order valence-corrected chi connectivity index (χ3v) is 4.32. The fourth-order valence-corrected chi connectivity index (χ4v) is 2.56. The maximum atomic E-state index is 12.1. The molecule has 0 atom stereocenters. The van der Waals surface area contributed by atoms with Gasteiger partial charge in [0.05, 0.1) is 0 Å². The standard InChI is InChI=1S/C23H27N3O5/c1-23(2,3)18-11-9-17(10-12-18)21(29)24-14-20(28)31-15-19(27)26-22(30)25-13-16-7-5-4-6-8-16/h4-12H,13-15H2,1-3H3,(H,24,29)(H2,25,26,27,30). The summed E-state index contributed by atoms with van der Waals surface area (Å²) in [5, 5.41) is 7.02. The highest BCUT2D eigenvalue weighted by Gasteiger charge is 2.15. The summed E-state index contributed by atoms with van der Waals surface area (Å²) in [6.07, 6.45) is 0. The molecule has 0 saturated heterocycles. The maximum Gasteiger partial charge on any atom is 0.325 e. The van der Waals surface area contributed by atoms with Gasteiger partial charge < -0.3 is 15.4 Å². The van der Waals surface area contributed by atoms with Gasteiger partial charge in [-0.25, -0.2) is 4.79 Å². The summed E-state index contributed by atoms with van der Waals surface area (Å²) in [6, 6.07) is 15.6. The molecule has 0 spiro atoms. The Balaban J connectivity index is 1.67. The summed E-state index contributed by atoms with van der Waals surface area (Å²) >= 11 is 0. The predicted octanol–water partition coefficient (Wildman–Crippen LogP) is 2.28. The SMILES string of the molecule is CC(C)(C)c1ccc(C(=O)NCC(=O)OCC(=O)NC(=O)NCc2ccccc2)cc1. The van der Waals surface area contributed by atoms with Crippen molar-refractivity contribution >= 4 is 23.8 Å². The van der Waals surface area contributed by atoms with Gasteiger partial charge in [0.25, 0.3) is 11.8 Å². The molecule has 0 bridgehead atoms. The van der Waals surface area contributed by atoms with E-state index in [2.05, 4.69) is 36.7 Å². The summed E-state index contributed by atoms with van der Waals surface area (Å²) in [4.78, 5) is 47.3. The van der Waals surface area contributed by atoms with Crippen LogP contribution in [0.5, 0.6) is 0 Å². The molecular weight excluding hydrogens is 398 g/mol. The Bertz CT molecular complexity index is 918. The van der Waals surface area contributed by atoms with Crippen LogP contribution in [0, 0.1) is 0 Å². The van der Waals surface area contributed by atoms with Gasteiger partial charge in [0.15, 0.2) is 6.61 Å². The molecule has 31 heavy (non-hydrogen) atoms. The van der Waals surface area contributed by atoms with E-state index in [0.717, 1.165) is 11.1 Å².